The summed E-state index contributed by atoms with van der Waals surface area (Å²) in [6.45, 7) is 6.76. The molecule has 1 aromatic rings. The van der Waals surface area contributed by atoms with Crippen LogP contribution in [0.4, 0.5) is 5.69 Å². The molecular weight excluding hydrogens is 262 g/mol. The topological polar surface area (TPSA) is 3.24 Å². The molecule has 1 saturated carbocycles. The van der Waals surface area contributed by atoms with E-state index < -0.39 is 0 Å². The highest BCUT2D eigenvalue weighted by Crippen LogP contribution is 2.33. The van der Waals surface area contributed by atoms with E-state index in [4.69, 9.17) is 0 Å². The minimum absolute atomic E-state index is 0.949. The zero-order chi connectivity index (χ0) is 11.5. The Hall–Kier alpha value is -0.500. The Morgan fingerprint density at radius 3 is 2.69 bits per heavy atom. The van der Waals surface area contributed by atoms with Crippen molar-refractivity contribution in [1.29, 1.82) is 0 Å². The lowest BCUT2D eigenvalue weighted by atomic mass is 10.1. The second-order valence-corrected chi connectivity index (χ2v) is 5.31. The van der Waals surface area contributed by atoms with E-state index in [0.29, 0.717) is 0 Å². The van der Waals surface area contributed by atoms with E-state index >= 15 is 0 Å². The van der Waals surface area contributed by atoms with Crippen LogP contribution in [0.15, 0.2) is 18.2 Å². The van der Waals surface area contributed by atoms with Gasteiger partial charge in [-0.3, -0.25) is 0 Å². The molecule has 0 unspecified atom stereocenters. The monoisotopic (exact) mass is 281 g/mol. The maximum absolute atomic E-state index is 3.60. The van der Waals surface area contributed by atoms with Gasteiger partial charge in [0.25, 0.3) is 0 Å². The molecule has 88 valence electrons. The van der Waals surface area contributed by atoms with Crippen LogP contribution in [0.2, 0.25) is 0 Å². The van der Waals surface area contributed by atoms with Gasteiger partial charge in [-0.2, -0.15) is 0 Å². The maximum atomic E-state index is 3.60. The summed E-state index contributed by atoms with van der Waals surface area (Å²) < 4.78 is 0. The highest BCUT2D eigenvalue weighted by atomic mass is 79.9. The van der Waals surface area contributed by atoms with Gasteiger partial charge in [-0.15, -0.1) is 0 Å². The second kappa shape index (κ2) is 5.22. The molecule has 1 aliphatic carbocycles. The van der Waals surface area contributed by atoms with Crippen molar-refractivity contribution >= 4 is 21.6 Å². The Labute approximate surface area is 107 Å². The molecule has 0 aromatic heterocycles. The smallest absolute Gasteiger partial charge is 0.0407 e. The summed E-state index contributed by atoms with van der Waals surface area (Å²) in [7, 11) is 0. The summed E-state index contributed by atoms with van der Waals surface area (Å²) in [4.78, 5) is 2.52. The molecule has 16 heavy (non-hydrogen) atoms. The third-order valence-electron chi connectivity index (χ3n) is 3.28. The number of rotatable bonds is 5. The number of hydrogen-bond donors (Lipinski definition) is 0. The third kappa shape index (κ3) is 2.79. The predicted molar refractivity (Wildman–Crippen MR) is 74.4 cm³/mol. The Balaban J connectivity index is 2.21. The van der Waals surface area contributed by atoms with Gasteiger partial charge in [0.05, 0.1) is 0 Å². The highest BCUT2D eigenvalue weighted by Gasteiger charge is 2.24. The summed E-state index contributed by atoms with van der Waals surface area (Å²) in [6.07, 6.45) is 2.85. The van der Waals surface area contributed by atoms with Crippen molar-refractivity contribution in [3.63, 3.8) is 0 Å². The normalized spacial score (nSPS) is 15.2. The number of aryl methyl sites for hydroxylation is 1. The molecule has 0 bridgehead atoms. The van der Waals surface area contributed by atoms with Gasteiger partial charge in [0.15, 0.2) is 0 Å². The van der Waals surface area contributed by atoms with E-state index in [1.165, 1.54) is 36.2 Å². The first-order chi connectivity index (χ1) is 7.74. The van der Waals surface area contributed by atoms with E-state index in [-0.39, 0.29) is 0 Å². The van der Waals surface area contributed by atoms with Crippen molar-refractivity contribution in [3.8, 4) is 0 Å². The molecule has 0 amide bonds. The van der Waals surface area contributed by atoms with Crippen molar-refractivity contribution < 1.29 is 0 Å². The first-order valence-electron chi connectivity index (χ1n) is 6.15. The zero-order valence-corrected chi connectivity index (χ0v) is 11.8. The van der Waals surface area contributed by atoms with Crippen LogP contribution in [0, 0.1) is 12.8 Å². The Morgan fingerprint density at radius 1 is 1.38 bits per heavy atom. The Kier molecular flexibility index (Phi) is 3.91. The lowest BCUT2D eigenvalue weighted by molar-refractivity contribution is 0.739. The molecule has 0 spiro atoms. The molecule has 0 aliphatic heterocycles. The minimum Gasteiger partial charge on any atom is -0.371 e. The maximum Gasteiger partial charge on any atom is 0.0407 e. The van der Waals surface area contributed by atoms with Gasteiger partial charge in [-0.1, -0.05) is 33.6 Å². The van der Waals surface area contributed by atoms with Crippen LogP contribution in [0.25, 0.3) is 0 Å². The molecule has 2 rings (SSSR count). The minimum atomic E-state index is 0.949. The Morgan fingerprint density at radius 2 is 2.12 bits per heavy atom. The van der Waals surface area contributed by atoms with Crippen LogP contribution in [0.1, 0.15) is 30.9 Å². The molecule has 0 heterocycles. The summed E-state index contributed by atoms with van der Waals surface area (Å²) >= 11 is 3.60. The number of anilines is 1. The average Bonchev–Trinajstić information content (AvgIpc) is 3.10. The molecule has 0 saturated heterocycles. The standard InChI is InChI=1S/C14H20BrN/c1-3-16(10-12-5-6-12)14-7-4-11(2)8-13(14)9-15/h4,7-8,12H,3,5-6,9-10H2,1-2H3. The third-order valence-corrected chi connectivity index (χ3v) is 3.88. The largest absolute Gasteiger partial charge is 0.371 e. The molecule has 1 fully saturated rings. The van der Waals surface area contributed by atoms with Gasteiger partial charge in [0.2, 0.25) is 0 Å². The first kappa shape index (κ1) is 12.0. The number of benzene rings is 1. The van der Waals surface area contributed by atoms with Crippen molar-refractivity contribution in [2.24, 2.45) is 5.92 Å². The summed E-state index contributed by atoms with van der Waals surface area (Å²) in [5, 5.41) is 0.950. The quantitative estimate of drug-likeness (QED) is 0.734. The van der Waals surface area contributed by atoms with Gasteiger partial charge < -0.3 is 4.90 Å². The van der Waals surface area contributed by atoms with Gasteiger partial charge >= 0.3 is 0 Å². The average molecular weight is 282 g/mol. The molecule has 1 aliphatic rings. The fourth-order valence-electron chi connectivity index (χ4n) is 2.14. The SMILES string of the molecule is CCN(CC1CC1)c1ccc(C)cc1CBr. The van der Waals surface area contributed by atoms with Crippen LogP contribution >= 0.6 is 15.9 Å². The lowest BCUT2D eigenvalue weighted by Crippen LogP contribution is -2.26. The number of nitrogens with zero attached hydrogens (tertiary/aromatic N) is 1. The molecular formula is C14H20BrN. The van der Waals surface area contributed by atoms with Crippen LogP contribution in [-0.4, -0.2) is 13.1 Å². The summed E-state index contributed by atoms with van der Waals surface area (Å²) in [5.74, 6) is 0.949. The number of halogens is 1. The number of hydrogen-bond acceptors (Lipinski definition) is 1. The molecule has 1 aromatic carbocycles. The molecule has 0 N–H and O–H groups in total. The van der Waals surface area contributed by atoms with E-state index in [2.05, 4.69) is 52.9 Å². The second-order valence-electron chi connectivity index (χ2n) is 4.75. The van der Waals surface area contributed by atoms with Crippen molar-refractivity contribution in [1.82, 2.24) is 0 Å². The van der Waals surface area contributed by atoms with Crippen molar-refractivity contribution in [2.75, 3.05) is 18.0 Å². The zero-order valence-electron chi connectivity index (χ0n) is 10.2. The highest BCUT2D eigenvalue weighted by molar-refractivity contribution is 9.08. The van der Waals surface area contributed by atoms with Crippen molar-refractivity contribution in [2.45, 2.75) is 32.0 Å². The Bertz CT molecular complexity index is 358. The van der Waals surface area contributed by atoms with Gasteiger partial charge in [0, 0.05) is 24.1 Å². The summed E-state index contributed by atoms with van der Waals surface area (Å²) in [6, 6.07) is 6.79. The predicted octanol–water partition coefficient (Wildman–Crippen LogP) is 4.13. The molecule has 0 atom stereocenters. The van der Waals surface area contributed by atoms with Crippen LogP contribution < -0.4 is 4.90 Å². The molecule has 1 nitrogen and oxygen atoms in total. The number of alkyl halides is 1. The van der Waals surface area contributed by atoms with Crippen LogP contribution in [-0.2, 0) is 5.33 Å². The lowest BCUT2D eigenvalue weighted by Gasteiger charge is -2.25. The van der Waals surface area contributed by atoms with Crippen LogP contribution in [0.5, 0.6) is 0 Å². The van der Waals surface area contributed by atoms with Gasteiger partial charge in [0.1, 0.15) is 0 Å². The van der Waals surface area contributed by atoms with E-state index in [9.17, 15) is 0 Å². The fraction of sp³-hybridized carbons (Fsp3) is 0.571. The van der Waals surface area contributed by atoms with Gasteiger partial charge in [-0.25, -0.2) is 0 Å². The van der Waals surface area contributed by atoms with Gasteiger partial charge in [-0.05, 0) is 44.2 Å². The van der Waals surface area contributed by atoms with E-state index in [0.717, 1.165) is 17.8 Å². The van der Waals surface area contributed by atoms with E-state index in [1.807, 2.05) is 0 Å². The summed E-state index contributed by atoms with van der Waals surface area (Å²) in [5.41, 5.74) is 4.18. The molecule has 2 heteroatoms. The molecule has 0 radical (unpaired) electrons. The fourth-order valence-corrected chi connectivity index (χ4v) is 2.59. The van der Waals surface area contributed by atoms with Crippen LogP contribution in [0.3, 0.4) is 0 Å². The van der Waals surface area contributed by atoms with Crippen molar-refractivity contribution in [3.05, 3.63) is 29.3 Å². The first-order valence-corrected chi connectivity index (χ1v) is 7.27. The van der Waals surface area contributed by atoms with E-state index in [1.54, 1.807) is 0 Å².